The lowest BCUT2D eigenvalue weighted by Gasteiger charge is -2.26. The molecule has 0 spiro atoms. The largest absolute Gasteiger partial charge is 0.490 e. The smallest absolute Gasteiger partial charge is 0.338 e. The molecule has 1 atom stereocenters. The number of rotatable bonds is 7. The van der Waals surface area contributed by atoms with E-state index < -0.39 is 23.4 Å². The maximum atomic E-state index is 12.1. The lowest BCUT2D eigenvalue weighted by molar-refractivity contribution is -0.385. The molecule has 0 aliphatic carbocycles. The molecule has 0 saturated carbocycles. The lowest BCUT2D eigenvalue weighted by Crippen LogP contribution is -2.42. The number of hydrogen-bond donors (Lipinski definition) is 1. The van der Waals surface area contributed by atoms with Crippen LogP contribution in [0.15, 0.2) is 42.5 Å². The van der Waals surface area contributed by atoms with Crippen LogP contribution < -0.4 is 19.5 Å². The molecule has 1 N–H and O–H groups in total. The van der Waals surface area contributed by atoms with Crippen molar-refractivity contribution in [3.63, 3.8) is 0 Å². The molecule has 10 nitrogen and oxygen atoms in total. The fourth-order valence-electron chi connectivity index (χ4n) is 2.62. The van der Waals surface area contributed by atoms with Crippen LogP contribution >= 0.6 is 0 Å². The SMILES string of the molecule is COc1ccc(C(=O)OCC(=O)NCC2COc3ccccc3O2)cc1[N+](=O)[O-]. The fraction of sp³-hybridized carbons (Fsp3) is 0.263. The zero-order valence-corrected chi connectivity index (χ0v) is 15.5. The van der Waals surface area contributed by atoms with Gasteiger partial charge >= 0.3 is 11.7 Å². The molecule has 1 aliphatic heterocycles. The minimum atomic E-state index is -0.864. The number of amides is 1. The Balaban J connectivity index is 1.48. The Labute approximate surface area is 165 Å². The monoisotopic (exact) mass is 402 g/mol. The van der Waals surface area contributed by atoms with E-state index >= 15 is 0 Å². The Hall–Kier alpha value is -3.82. The number of ether oxygens (including phenoxy) is 4. The number of fused-ring (bicyclic) bond motifs is 1. The van der Waals surface area contributed by atoms with Crippen LogP contribution in [-0.2, 0) is 9.53 Å². The summed E-state index contributed by atoms with van der Waals surface area (Å²) in [5, 5.41) is 13.6. The van der Waals surface area contributed by atoms with Crippen molar-refractivity contribution in [2.75, 3.05) is 26.9 Å². The van der Waals surface area contributed by atoms with Gasteiger partial charge in [0.1, 0.15) is 12.7 Å². The van der Waals surface area contributed by atoms with E-state index in [0.717, 1.165) is 6.07 Å². The zero-order valence-electron chi connectivity index (χ0n) is 15.5. The van der Waals surface area contributed by atoms with Gasteiger partial charge in [-0.1, -0.05) is 12.1 Å². The molecule has 2 aromatic rings. The van der Waals surface area contributed by atoms with Gasteiger partial charge in [-0.15, -0.1) is 0 Å². The van der Waals surface area contributed by atoms with Crippen molar-refractivity contribution < 1.29 is 33.5 Å². The van der Waals surface area contributed by atoms with Crippen LogP contribution in [0.4, 0.5) is 5.69 Å². The standard InChI is InChI=1S/C19H18N2O8/c1-26-15-7-6-12(8-14(15)21(24)25)19(23)28-11-18(22)20-9-13-10-27-16-4-2-3-5-17(16)29-13/h2-8,13H,9-11H2,1H3,(H,20,22). The van der Waals surface area contributed by atoms with Gasteiger partial charge in [-0.05, 0) is 24.3 Å². The Morgan fingerprint density at radius 3 is 2.72 bits per heavy atom. The molecule has 152 valence electrons. The van der Waals surface area contributed by atoms with Gasteiger partial charge in [0.25, 0.3) is 5.91 Å². The van der Waals surface area contributed by atoms with Crippen LogP contribution in [0, 0.1) is 10.1 Å². The van der Waals surface area contributed by atoms with E-state index in [-0.39, 0.29) is 36.3 Å². The summed E-state index contributed by atoms with van der Waals surface area (Å²) in [5.74, 6) is -0.162. The number of carbonyl (C=O) groups is 2. The second-order valence-electron chi connectivity index (χ2n) is 6.02. The Kier molecular flexibility index (Phi) is 6.12. The second-order valence-corrected chi connectivity index (χ2v) is 6.02. The van der Waals surface area contributed by atoms with Crippen LogP contribution in [0.2, 0.25) is 0 Å². The first-order chi connectivity index (χ1) is 14.0. The molecule has 29 heavy (non-hydrogen) atoms. The van der Waals surface area contributed by atoms with Crippen molar-refractivity contribution in [3.8, 4) is 17.2 Å². The summed E-state index contributed by atoms with van der Waals surface area (Å²) in [6.45, 7) is -0.103. The molecule has 0 saturated heterocycles. The van der Waals surface area contributed by atoms with Gasteiger partial charge in [0.15, 0.2) is 23.9 Å². The van der Waals surface area contributed by atoms with Crippen molar-refractivity contribution in [2.45, 2.75) is 6.10 Å². The number of nitrogens with one attached hydrogen (secondary N) is 1. The van der Waals surface area contributed by atoms with Gasteiger partial charge in [-0.2, -0.15) is 0 Å². The number of hydrogen-bond acceptors (Lipinski definition) is 8. The molecule has 10 heteroatoms. The van der Waals surface area contributed by atoms with Gasteiger partial charge < -0.3 is 24.3 Å². The van der Waals surface area contributed by atoms with Crippen LogP contribution in [0.25, 0.3) is 0 Å². The number of benzene rings is 2. The van der Waals surface area contributed by atoms with Crippen molar-refractivity contribution in [1.82, 2.24) is 5.32 Å². The number of nitro groups is 1. The highest BCUT2D eigenvalue weighted by molar-refractivity contribution is 5.92. The highest BCUT2D eigenvalue weighted by atomic mass is 16.6. The first-order valence-corrected chi connectivity index (χ1v) is 8.62. The van der Waals surface area contributed by atoms with E-state index in [9.17, 15) is 19.7 Å². The number of nitro benzene ring substituents is 1. The third-order valence-electron chi connectivity index (χ3n) is 4.04. The molecule has 1 aliphatic rings. The van der Waals surface area contributed by atoms with Crippen LogP contribution in [0.1, 0.15) is 10.4 Å². The normalized spacial score (nSPS) is 14.6. The van der Waals surface area contributed by atoms with Crippen molar-refractivity contribution in [2.24, 2.45) is 0 Å². The number of methoxy groups -OCH3 is 1. The van der Waals surface area contributed by atoms with E-state index in [1.807, 2.05) is 12.1 Å². The van der Waals surface area contributed by atoms with Crippen LogP contribution in [-0.4, -0.2) is 49.8 Å². The van der Waals surface area contributed by atoms with Crippen molar-refractivity contribution in [3.05, 3.63) is 58.1 Å². The molecule has 1 heterocycles. The summed E-state index contributed by atoms with van der Waals surface area (Å²) < 4.78 is 21.0. The molecule has 0 radical (unpaired) electrons. The maximum Gasteiger partial charge on any atom is 0.338 e. The first kappa shape index (κ1) is 19.9. The minimum absolute atomic E-state index is 0.0144. The highest BCUT2D eigenvalue weighted by Crippen LogP contribution is 2.30. The number of carbonyl (C=O) groups excluding carboxylic acids is 2. The first-order valence-electron chi connectivity index (χ1n) is 8.62. The second kappa shape index (κ2) is 8.91. The maximum absolute atomic E-state index is 12.1. The molecule has 1 unspecified atom stereocenters. The van der Waals surface area contributed by atoms with E-state index in [1.54, 1.807) is 12.1 Å². The molecule has 0 fully saturated rings. The predicted molar refractivity (Wildman–Crippen MR) is 99.3 cm³/mol. The van der Waals surface area contributed by atoms with E-state index in [4.69, 9.17) is 18.9 Å². The van der Waals surface area contributed by atoms with Crippen LogP contribution in [0.5, 0.6) is 17.2 Å². The quantitative estimate of drug-likeness (QED) is 0.421. The molecular weight excluding hydrogens is 384 g/mol. The molecule has 1 amide bonds. The van der Waals surface area contributed by atoms with Gasteiger partial charge in [-0.25, -0.2) is 4.79 Å². The molecular formula is C19H18N2O8. The van der Waals surface area contributed by atoms with Gasteiger partial charge in [0.2, 0.25) is 0 Å². The van der Waals surface area contributed by atoms with Crippen molar-refractivity contribution in [1.29, 1.82) is 0 Å². The third-order valence-corrected chi connectivity index (χ3v) is 4.04. The number of nitrogens with zero attached hydrogens (tertiary/aromatic N) is 1. The average molecular weight is 402 g/mol. The Morgan fingerprint density at radius 2 is 2.00 bits per heavy atom. The predicted octanol–water partition coefficient (Wildman–Crippen LogP) is 1.72. The Morgan fingerprint density at radius 1 is 1.24 bits per heavy atom. The number of esters is 1. The minimum Gasteiger partial charge on any atom is -0.490 e. The number of para-hydroxylation sites is 2. The summed E-state index contributed by atoms with van der Waals surface area (Å²) in [7, 11) is 1.28. The average Bonchev–Trinajstić information content (AvgIpc) is 2.75. The summed E-state index contributed by atoms with van der Waals surface area (Å²) >= 11 is 0. The Bertz CT molecular complexity index is 930. The van der Waals surface area contributed by atoms with E-state index in [1.165, 1.54) is 19.2 Å². The lowest BCUT2D eigenvalue weighted by atomic mass is 10.2. The van der Waals surface area contributed by atoms with E-state index in [2.05, 4.69) is 5.32 Å². The summed E-state index contributed by atoms with van der Waals surface area (Å²) in [6, 6.07) is 10.8. The van der Waals surface area contributed by atoms with Crippen molar-refractivity contribution >= 4 is 17.6 Å². The van der Waals surface area contributed by atoms with Gasteiger partial charge in [0, 0.05) is 6.07 Å². The third kappa shape index (κ3) is 4.92. The van der Waals surface area contributed by atoms with Gasteiger partial charge in [0.05, 0.1) is 24.1 Å². The molecule has 2 aromatic carbocycles. The molecule has 0 bridgehead atoms. The topological polar surface area (TPSA) is 126 Å². The van der Waals surface area contributed by atoms with E-state index in [0.29, 0.717) is 11.5 Å². The summed E-state index contributed by atoms with van der Waals surface area (Å²) in [4.78, 5) is 34.3. The molecule has 3 rings (SSSR count). The fourth-order valence-corrected chi connectivity index (χ4v) is 2.62. The molecule has 0 aromatic heterocycles. The zero-order chi connectivity index (χ0) is 20.8. The summed E-state index contributed by atoms with van der Waals surface area (Å²) in [6.07, 6.45) is -0.381. The van der Waals surface area contributed by atoms with Gasteiger partial charge in [-0.3, -0.25) is 14.9 Å². The van der Waals surface area contributed by atoms with Crippen LogP contribution in [0.3, 0.4) is 0 Å². The summed E-state index contributed by atoms with van der Waals surface area (Å²) in [5.41, 5.74) is -0.438. The highest BCUT2D eigenvalue weighted by Gasteiger charge is 2.22.